The molecule has 0 aliphatic rings. The van der Waals surface area contributed by atoms with Gasteiger partial charge in [0.25, 0.3) is 0 Å². The molecule has 1 amide bonds. The second kappa shape index (κ2) is 8.27. The van der Waals surface area contributed by atoms with Gasteiger partial charge in [-0.05, 0) is 39.7 Å². The molecule has 3 rings (SSSR count). The second-order valence-corrected chi connectivity index (χ2v) is 8.24. The first-order valence-corrected chi connectivity index (χ1v) is 9.45. The van der Waals surface area contributed by atoms with Gasteiger partial charge in [-0.15, -0.1) is 11.3 Å². The predicted molar refractivity (Wildman–Crippen MR) is 105 cm³/mol. The Morgan fingerprint density at radius 3 is 2.80 bits per heavy atom. The minimum absolute atomic E-state index is 0.0275. The molecule has 0 aliphatic carbocycles. The highest BCUT2D eigenvalue weighted by atomic mass is 79.9. The molecular formula is C19H18BrN3OS. The van der Waals surface area contributed by atoms with Crippen molar-refractivity contribution in [3.63, 3.8) is 0 Å². The molecule has 1 aromatic carbocycles. The highest BCUT2D eigenvalue weighted by molar-refractivity contribution is 9.11. The fraction of sp³-hybridized carbons (Fsp3) is 0.158. The normalized spacial score (nSPS) is 11.1. The molecule has 0 radical (unpaired) electrons. The third-order valence-electron chi connectivity index (χ3n) is 3.66. The minimum Gasteiger partial charge on any atom is -0.337 e. The van der Waals surface area contributed by atoms with Crippen LogP contribution in [0.5, 0.6) is 0 Å². The summed E-state index contributed by atoms with van der Waals surface area (Å²) in [5, 5.41) is 4.34. The van der Waals surface area contributed by atoms with Crippen molar-refractivity contribution in [1.29, 1.82) is 0 Å². The van der Waals surface area contributed by atoms with Gasteiger partial charge in [-0.3, -0.25) is 9.48 Å². The summed E-state index contributed by atoms with van der Waals surface area (Å²) in [4.78, 5) is 15.1. The lowest BCUT2D eigenvalue weighted by Gasteiger charge is -2.13. The summed E-state index contributed by atoms with van der Waals surface area (Å²) < 4.78 is 2.94. The summed E-state index contributed by atoms with van der Waals surface area (Å²) in [6.07, 6.45) is 7.10. The van der Waals surface area contributed by atoms with Crippen molar-refractivity contribution in [2.75, 3.05) is 7.05 Å². The van der Waals surface area contributed by atoms with Crippen LogP contribution in [0.2, 0.25) is 0 Å². The van der Waals surface area contributed by atoms with Gasteiger partial charge in [-0.1, -0.05) is 30.3 Å². The average molecular weight is 416 g/mol. The lowest BCUT2D eigenvalue weighted by atomic mass is 10.2. The van der Waals surface area contributed by atoms with E-state index in [0.29, 0.717) is 6.54 Å². The van der Waals surface area contributed by atoms with Gasteiger partial charge in [0, 0.05) is 29.8 Å². The van der Waals surface area contributed by atoms with Crippen molar-refractivity contribution in [3.05, 3.63) is 80.7 Å². The monoisotopic (exact) mass is 415 g/mol. The second-order valence-electron chi connectivity index (χ2n) is 5.69. The van der Waals surface area contributed by atoms with Crippen molar-refractivity contribution in [2.45, 2.75) is 13.1 Å². The predicted octanol–water partition coefficient (Wildman–Crippen LogP) is 4.43. The van der Waals surface area contributed by atoms with Gasteiger partial charge < -0.3 is 4.90 Å². The van der Waals surface area contributed by atoms with Crippen LogP contribution in [-0.2, 0) is 17.9 Å². The summed E-state index contributed by atoms with van der Waals surface area (Å²) in [7, 11) is 1.80. The molecule has 128 valence electrons. The van der Waals surface area contributed by atoms with Crippen LogP contribution < -0.4 is 0 Å². The molecule has 0 spiro atoms. The number of thiophene rings is 1. The fourth-order valence-corrected chi connectivity index (χ4v) is 3.90. The summed E-state index contributed by atoms with van der Waals surface area (Å²) in [6, 6.07) is 14.2. The van der Waals surface area contributed by atoms with Gasteiger partial charge in [0.05, 0.1) is 23.1 Å². The van der Waals surface area contributed by atoms with E-state index < -0.39 is 0 Å². The van der Waals surface area contributed by atoms with Crippen LogP contribution in [0.4, 0.5) is 0 Å². The molecule has 3 aromatic rings. The largest absolute Gasteiger partial charge is 0.337 e. The van der Waals surface area contributed by atoms with Crippen LogP contribution in [0.1, 0.15) is 16.0 Å². The Morgan fingerprint density at radius 1 is 1.28 bits per heavy atom. The summed E-state index contributed by atoms with van der Waals surface area (Å²) in [5.41, 5.74) is 2.11. The van der Waals surface area contributed by atoms with Crippen molar-refractivity contribution in [1.82, 2.24) is 14.7 Å². The van der Waals surface area contributed by atoms with Gasteiger partial charge in [0.1, 0.15) is 0 Å². The molecule has 0 bridgehead atoms. The molecular weight excluding hydrogens is 398 g/mol. The number of likely N-dealkylation sites (N-methyl/N-ethyl adjacent to an activating group) is 1. The lowest BCUT2D eigenvalue weighted by molar-refractivity contribution is -0.125. The number of amides is 1. The molecule has 0 fully saturated rings. The lowest BCUT2D eigenvalue weighted by Crippen LogP contribution is -2.23. The Hall–Kier alpha value is -2.18. The van der Waals surface area contributed by atoms with E-state index in [-0.39, 0.29) is 5.91 Å². The van der Waals surface area contributed by atoms with E-state index in [1.807, 2.05) is 41.2 Å². The van der Waals surface area contributed by atoms with Crippen LogP contribution in [0.25, 0.3) is 6.08 Å². The average Bonchev–Trinajstić information content (AvgIpc) is 3.22. The number of nitrogens with zero attached hydrogens (tertiary/aromatic N) is 3. The summed E-state index contributed by atoms with van der Waals surface area (Å²) >= 11 is 5.08. The quantitative estimate of drug-likeness (QED) is 0.558. The summed E-state index contributed by atoms with van der Waals surface area (Å²) in [6.45, 7) is 1.32. The highest BCUT2D eigenvalue weighted by Gasteiger charge is 2.07. The Kier molecular flexibility index (Phi) is 5.83. The molecule has 0 atom stereocenters. The zero-order valence-corrected chi connectivity index (χ0v) is 16.2. The molecule has 0 N–H and O–H groups in total. The zero-order valence-electron chi connectivity index (χ0n) is 13.8. The Labute approximate surface area is 159 Å². The van der Waals surface area contributed by atoms with Gasteiger partial charge in [0.2, 0.25) is 5.91 Å². The van der Waals surface area contributed by atoms with Gasteiger partial charge in [0.15, 0.2) is 0 Å². The standard InChI is InChI=1S/C19H18BrN3OS/c1-22(14-17-8-9-18(20)25-17)19(24)10-7-16-11-21-23(13-16)12-15-5-3-2-4-6-15/h2-11,13H,12,14H2,1H3/b10-7+. The van der Waals surface area contributed by atoms with E-state index in [4.69, 9.17) is 0 Å². The Balaban J connectivity index is 1.57. The number of hydrogen-bond donors (Lipinski definition) is 0. The first-order chi connectivity index (χ1) is 12.1. The Bertz CT molecular complexity index is 870. The van der Waals surface area contributed by atoms with E-state index in [1.165, 1.54) is 5.56 Å². The van der Waals surface area contributed by atoms with Crippen molar-refractivity contribution in [2.24, 2.45) is 0 Å². The van der Waals surface area contributed by atoms with E-state index in [2.05, 4.69) is 33.2 Å². The maximum atomic E-state index is 12.2. The maximum absolute atomic E-state index is 12.2. The van der Waals surface area contributed by atoms with Gasteiger partial charge >= 0.3 is 0 Å². The molecule has 4 nitrogen and oxygen atoms in total. The molecule has 2 heterocycles. The van der Waals surface area contributed by atoms with Gasteiger partial charge in [-0.25, -0.2) is 0 Å². The molecule has 6 heteroatoms. The number of rotatable bonds is 6. The van der Waals surface area contributed by atoms with Gasteiger partial charge in [-0.2, -0.15) is 5.10 Å². The van der Waals surface area contributed by atoms with Crippen molar-refractivity contribution < 1.29 is 4.79 Å². The molecule has 0 saturated heterocycles. The van der Waals surface area contributed by atoms with Crippen LogP contribution in [0.15, 0.2) is 64.7 Å². The first-order valence-electron chi connectivity index (χ1n) is 7.84. The van der Waals surface area contributed by atoms with E-state index in [1.54, 1.807) is 41.6 Å². The first kappa shape index (κ1) is 17.6. The summed E-state index contributed by atoms with van der Waals surface area (Å²) in [5.74, 6) is -0.0275. The maximum Gasteiger partial charge on any atom is 0.246 e. The molecule has 0 unspecified atom stereocenters. The van der Waals surface area contributed by atoms with Crippen LogP contribution in [0.3, 0.4) is 0 Å². The molecule has 25 heavy (non-hydrogen) atoms. The smallest absolute Gasteiger partial charge is 0.246 e. The van der Waals surface area contributed by atoms with Crippen LogP contribution in [0, 0.1) is 0 Å². The minimum atomic E-state index is -0.0275. The zero-order chi connectivity index (χ0) is 17.6. The SMILES string of the molecule is CN(Cc1ccc(Br)s1)C(=O)/C=C/c1cnn(Cc2ccccc2)c1. The van der Waals surface area contributed by atoms with Crippen LogP contribution >= 0.6 is 27.3 Å². The number of carbonyl (C=O) groups is 1. The van der Waals surface area contributed by atoms with Crippen molar-refractivity contribution in [3.8, 4) is 0 Å². The highest BCUT2D eigenvalue weighted by Crippen LogP contribution is 2.23. The topological polar surface area (TPSA) is 38.1 Å². The van der Waals surface area contributed by atoms with Crippen molar-refractivity contribution >= 4 is 39.2 Å². The van der Waals surface area contributed by atoms with E-state index >= 15 is 0 Å². The third kappa shape index (κ3) is 5.14. The Morgan fingerprint density at radius 2 is 2.08 bits per heavy atom. The number of halogens is 1. The molecule has 0 aliphatic heterocycles. The van der Waals surface area contributed by atoms with Crippen LogP contribution in [-0.4, -0.2) is 27.6 Å². The number of aromatic nitrogens is 2. The molecule has 0 saturated carbocycles. The van der Waals surface area contributed by atoms with E-state index in [0.717, 1.165) is 20.8 Å². The van der Waals surface area contributed by atoms with E-state index in [9.17, 15) is 4.79 Å². The fourth-order valence-electron chi connectivity index (χ4n) is 2.37. The molecule has 2 aromatic heterocycles. The number of hydrogen-bond acceptors (Lipinski definition) is 3. The third-order valence-corrected chi connectivity index (χ3v) is 5.27. The number of benzene rings is 1. The number of carbonyl (C=O) groups excluding carboxylic acids is 1.